The first-order chi connectivity index (χ1) is 11.3. The molecule has 7 nitrogen and oxygen atoms in total. The van der Waals surface area contributed by atoms with Gasteiger partial charge in [-0.2, -0.15) is 0 Å². The molecule has 0 spiro atoms. The third-order valence-corrected chi connectivity index (χ3v) is 3.64. The molecule has 24 heavy (non-hydrogen) atoms. The van der Waals surface area contributed by atoms with Crippen LogP contribution in [-0.2, 0) is 14.4 Å². The maximum absolute atomic E-state index is 11.7. The van der Waals surface area contributed by atoms with Crippen molar-refractivity contribution in [3.63, 3.8) is 0 Å². The molecule has 8 heteroatoms. The minimum Gasteiger partial charge on any atom is -0.480 e. The minimum atomic E-state index is -1.76. The van der Waals surface area contributed by atoms with Crippen LogP contribution in [0.5, 0.6) is 0 Å². The number of allylic oxidation sites excluding steroid dienone is 4. The zero-order valence-electron chi connectivity index (χ0n) is 13.6. The minimum absolute atomic E-state index is 0.00136. The molecule has 0 bridgehead atoms. The summed E-state index contributed by atoms with van der Waals surface area (Å²) in [6.45, 7) is 3.41. The number of aliphatic carboxylic acids is 1. The van der Waals surface area contributed by atoms with Gasteiger partial charge in [-0.25, -0.2) is 4.79 Å². The average Bonchev–Trinajstić information content (AvgIpc) is 2.53. The van der Waals surface area contributed by atoms with Crippen LogP contribution in [0.1, 0.15) is 20.3 Å². The lowest BCUT2D eigenvalue weighted by atomic mass is 10.1. The van der Waals surface area contributed by atoms with E-state index < -0.39 is 30.1 Å². The first-order valence-corrected chi connectivity index (χ1v) is 8.30. The molecule has 4 N–H and O–H groups in total. The van der Waals surface area contributed by atoms with E-state index in [4.69, 9.17) is 5.11 Å². The van der Waals surface area contributed by atoms with Crippen molar-refractivity contribution in [3.05, 3.63) is 36.5 Å². The van der Waals surface area contributed by atoms with Crippen LogP contribution in [0.2, 0.25) is 0 Å². The Labute approximate surface area is 145 Å². The summed E-state index contributed by atoms with van der Waals surface area (Å²) >= 11 is 0.925. The van der Waals surface area contributed by atoms with E-state index >= 15 is 0 Å². The van der Waals surface area contributed by atoms with Crippen LogP contribution in [0.15, 0.2) is 36.5 Å². The van der Waals surface area contributed by atoms with Gasteiger partial charge in [-0.15, -0.1) is 0 Å². The zero-order valence-corrected chi connectivity index (χ0v) is 14.4. The van der Waals surface area contributed by atoms with Gasteiger partial charge in [-0.05, 0) is 26.3 Å². The number of thioether (sulfide) groups is 1. The predicted molar refractivity (Wildman–Crippen MR) is 92.4 cm³/mol. The van der Waals surface area contributed by atoms with Crippen LogP contribution in [0.3, 0.4) is 0 Å². The third-order valence-electron chi connectivity index (χ3n) is 2.78. The van der Waals surface area contributed by atoms with Gasteiger partial charge in [-0.3, -0.25) is 9.59 Å². The number of aliphatic hydroxyl groups is 2. The number of carbonyl (C=O) groups is 3. The summed E-state index contributed by atoms with van der Waals surface area (Å²) in [5.74, 6) is -2.09. The van der Waals surface area contributed by atoms with Crippen molar-refractivity contribution in [1.82, 2.24) is 5.32 Å². The Bertz CT molecular complexity index is 515. The van der Waals surface area contributed by atoms with E-state index in [1.165, 1.54) is 18.2 Å². The Morgan fingerprint density at radius 1 is 1.12 bits per heavy atom. The molecule has 134 valence electrons. The summed E-state index contributed by atoms with van der Waals surface area (Å²) in [4.78, 5) is 34.4. The van der Waals surface area contributed by atoms with E-state index in [1.54, 1.807) is 25.2 Å². The van der Waals surface area contributed by atoms with E-state index in [2.05, 4.69) is 5.32 Å². The van der Waals surface area contributed by atoms with E-state index in [-0.39, 0.29) is 17.3 Å². The molecule has 0 rings (SSSR count). The molecule has 2 unspecified atom stereocenters. The molecule has 0 radical (unpaired) electrons. The predicted octanol–water partition coefficient (Wildman–Crippen LogP) is 0.636. The van der Waals surface area contributed by atoms with Crippen molar-refractivity contribution >= 4 is 28.8 Å². The maximum Gasteiger partial charge on any atom is 0.326 e. The highest BCUT2D eigenvalue weighted by molar-refractivity contribution is 8.14. The number of aliphatic hydroxyl groups excluding tert-OH is 2. The molecule has 0 aliphatic heterocycles. The van der Waals surface area contributed by atoms with Crippen molar-refractivity contribution in [2.24, 2.45) is 0 Å². The SMILES string of the molecule is C/C=C/C=C/C(=O)SCC[C@H](NC(=O)C(O)C(O)/C=C/C)C(=O)O. The molecule has 1 amide bonds. The van der Waals surface area contributed by atoms with Crippen LogP contribution in [0, 0.1) is 0 Å². The normalized spacial score (nSPS) is 15.7. The number of nitrogens with one attached hydrogen (secondary N) is 1. The van der Waals surface area contributed by atoms with Gasteiger partial charge in [0.2, 0.25) is 5.12 Å². The van der Waals surface area contributed by atoms with E-state index in [9.17, 15) is 24.6 Å². The monoisotopic (exact) mass is 357 g/mol. The lowest BCUT2D eigenvalue weighted by molar-refractivity contribution is -0.144. The van der Waals surface area contributed by atoms with Crippen molar-refractivity contribution in [2.75, 3.05) is 5.75 Å². The topological polar surface area (TPSA) is 124 Å². The van der Waals surface area contributed by atoms with Crippen molar-refractivity contribution in [1.29, 1.82) is 0 Å². The number of hydrogen-bond acceptors (Lipinski definition) is 6. The maximum atomic E-state index is 11.7. The Hall–Kier alpha value is -1.90. The first kappa shape index (κ1) is 22.1. The van der Waals surface area contributed by atoms with Crippen LogP contribution < -0.4 is 5.32 Å². The first-order valence-electron chi connectivity index (χ1n) is 7.31. The molecule has 0 saturated carbocycles. The quantitative estimate of drug-likeness (QED) is 0.257. The van der Waals surface area contributed by atoms with Crippen molar-refractivity contribution in [3.8, 4) is 0 Å². The molecular formula is C16H23NO6S. The van der Waals surface area contributed by atoms with Gasteiger partial charge in [0, 0.05) is 5.75 Å². The van der Waals surface area contributed by atoms with Gasteiger partial charge in [0.15, 0.2) is 6.10 Å². The average molecular weight is 357 g/mol. The molecule has 0 aliphatic rings. The highest BCUT2D eigenvalue weighted by atomic mass is 32.2. The van der Waals surface area contributed by atoms with E-state index in [0.29, 0.717) is 0 Å². The van der Waals surface area contributed by atoms with Crippen LogP contribution >= 0.6 is 11.8 Å². The molecule has 0 aliphatic carbocycles. The van der Waals surface area contributed by atoms with Gasteiger partial charge in [-0.1, -0.05) is 42.1 Å². The highest BCUT2D eigenvalue weighted by Crippen LogP contribution is 2.08. The van der Waals surface area contributed by atoms with Gasteiger partial charge in [0.25, 0.3) is 5.91 Å². The van der Waals surface area contributed by atoms with E-state index in [1.807, 2.05) is 6.92 Å². The third kappa shape index (κ3) is 9.29. The van der Waals surface area contributed by atoms with Crippen LogP contribution in [0.4, 0.5) is 0 Å². The Morgan fingerprint density at radius 3 is 2.33 bits per heavy atom. The summed E-state index contributed by atoms with van der Waals surface area (Å²) in [6.07, 6.45) is 5.87. The standard InChI is InChI=1S/C16H23NO6S/c1-3-5-6-8-13(19)24-10-9-11(16(22)23)17-15(21)14(20)12(18)7-4-2/h3-8,11-12,14,18,20H,9-10H2,1-2H3,(H,17,21)(H,22,23)/b5-3+,7-4+,8-6+/t11-,12?,14?/m0/s1. The lowest BCUT2D eigenvalue weighted by Gasteiger charge is -2.18. The number of carboxylic acid groups (broad SMARTS) is 1. The summed E-state index contributed by atoms with van der Waals surface area (Å²) in [5.41, 5.74) is 0. The Morgan fingerprint density at radius 2 is 1.79 bits per heavy atom. The fourth-order valence-electron chi connectivity index (χ4n) is 1.54. The van der Waals surface area contributed by atoms with Crippen LogP contribution in [0.25, 0.3) is 0 Å². The second-order valence-electron chi connectivity index (χ2n) is 4.70. The summed E-state index contributed by atoms with van der Waals surface area (Å²) < 4.78 is 0. The fourth-order valence-corrected chi connectivity index (χ4v) is 2.27. The molecule has 0 aromatic rings. The molecule has 3 atom stereocenters. The van der Waals surface area contributed by atoms with Gasteiger partial charge < -0.3 is 20.6 Å². The van der Waals surface area contributed by atoms with Crippen molar-refractivity contribution < 1.29 is 29.7 Å². The fraction of sp³-hybridized carbons (Fsp3) is 0.438. The molecule has 0 aromatic heterocycles. The lowest BCUT2D eigenvalue weighted by Crippen LogP contribution is -2.48. The second-order valence-corrected chi connectivity index (χ2v) is 5.80. The zero-order chi connectivity index (χ0) is 18.5. The number of rotatable bonds is 10. The Balaban J connectivity index is 4.48. The highest BCUT2D eigenvalue weighted by Gasteiger charge is 2.27. The second kappa shape index (κ2) is 12.5. The van der Waals surface area contributed by atoms with E-state index in [0.717, 1.165) is 11.8 Å². The largest absolute Gasteiger partial charge is 0.480 e. The molecule has 0 aromatic carbocycles. The molecule has 0 heterocycles. The van der Waals surface area contributed by atoms with Gasteiger partial charge >= 0.3 is 5.97 Å². The van der Waals surface area contributed by atoms with Crippen molar-refractivity contribution in [2.45, 2.75) is 38.5 Å². The number of hydrogen-bond donors (Lipinski definition) is 4. The summed E-state index contributed by atoms with van der Waals surface area (Å²) in [5, 5.41) is 30.1. The van der Waals surface area contributed by atoms with Crippen LogP contribution in [-0.4, -0.2) is 56.3 Å². The van der Waals surface area contributed by atoms with Gasteiger partial charge in [0.1, 0.15) is 12.1 Å². The molecule has 0 fully saturated rings. The molecular weight excluding hydrogens is 334 g/mol. The Kier molecular flexibility index (Phi) is 11.5. The van der Waals surface area contributed by atoms with Gasteiger partial charge in [0.05, 0.1) is 0 Å². The molecule has 0 saturated heterocycles. The number of amides is 1. The number of carbonyl (C=O) groups excluding carboxylic acids is 2. The smallest absolute Gasteiger partial charge is 0.326 e. The number of carboxylic acids is 1. The summed E-state index contributed by atoms with van der Waals surface area (Å²) in [6, 6.07) is -1.26. The summed E-state index contributed by atoms with van der Waals surface area (Å²) in [7, 11) is 0.